The molecule has 0 unspecified atom stereocenters. The largest absolute Gasteiger partial charge is 0.490 e. The molecule has 1 aliphatic heterocycles. The van der Waals surface area contributed by atoms with Crippen molar-refractivity contribution < 1.29 is 41.4 Å². The second-order valence-corrected chi connectivity index (χ2v) is 10.7. The van der Waals surface area contributed by atoms with Crippen molar-refractivity contribution in [1.82, 2.24) is 0 Å². The van der Waals surface area contributed by atoms with Gasteiger partial charge in [0.1, 0.15) is 4.90 Å². The van der Waals surface area contributed by atoms with Gasteiger partial charge in [0, 0.05) is 18.8 Å². The molecule has 0 saturated carbocycles. The lowest BCUT2D eigenvalue weighted by Gasteiger charge is -2.30. The van der Waals surface area contributed by atoms with Crippen molar-refractivity contribution in [3.05, 3.63) is 94.5 Å². The standard InChI is InChI=1S/C25H23ClN2O4S.C2HF3O2/c1-17-6-2-3-7-20(17)18-12-14-28(15-13-18)23-11-10-19(16-21(23)25(29)30)27-33(31,32)24-9-5-4-8-22(24)26;3-2(4,5)1(6)7/h2-12,16,27H,13-15H2,1H3,(H,29,30);(H,6,7). The number of alkyl halides is 3. The normalized spacial score (nSPS) is 13.5. The first-order valence-electron chi connectivity index (χ1n) is 11.7. The maximum Gasteiger partial charge on any atom is 0.490 e. The first-order chi connectivity index (χ1) is 18.7. The van der Waals surface area contributed by atoms with Crippen LogP contribution in [0.5, 0.6) is 0 Å². The third kappa shape index (κ3) is 7.54. The van der Waals surface area contributed by atoms with E-state index in [1.165, 1.54) is 34.9 Å². The number of hydrogen-bond acceptors (Lipinski definition) is 5. The van der Waals surface area contributed by atoms with Crippen molar-refractivity contribution in [3.8, 4) is 0 Å². The molecule has 0 aliphatic carbocycles. The van der Waals surface area contributed by atoms with Crippen LogP contribution in [0, 0.1) is 6.92 Å². The summed E-state index contributed by atoms with van der Waals surface area (Å²) in [6.07, 6.45) is -2.18. The van der Waals surface area contributed by atoms with E-state index in [4.69, 9.17) is 21.5 Å². The third-order valence-electron chi connectivity index (χ3n) is 5.89. The average Bonchev–Trinajstić information content (AvgIpc) is 2.89. The van der Waals surface area contributed by atoms with Crippen LogP contribution in [-0.4, -0.2) is 49.8 Å². The van der Waals surface area contributed by atoms with Crippen LogP contribution in [0.2, 0.25) is 5.02 Å². The van der Waals surface area contributed by atoms with Gasteiger partial charge in [0.25, 0.3) is 10.0 Å². The highest BCUT2D eigenvalue weighted by Gasteiger charge is 2.38. The van der Waals surface area contributed by atoms with Gasteiger partial charge in [0.05, 0.1) is 16.3 Å². The smallest absolute Gasteiger partial charge is 0.478 e. The molecule has 0 amide bonds. The van der Waals surface area contributed by atoms with Gasteiger partial charge >= 0.3 is 18.1 Å². The fourth-order valence-corrected chi connectivity index (χ4v) is 5.56. The number of aryl methyl sites for hydroxylation is 1. The quantitative estimate of drug-likeness (QED) is 0.315. The molecular weight excluding hydrogens is 573 g/mol. The molecule has 0 aromatic heterocycles. The molecule has 13 heteroatoms. The Kier molecular flexibility index (Phi) is 9.48. The molecule has 0 fully saturated rings. The number of carbonyl (C=O) groups is 2. The summed E-state index contributed by atoms with van der Waals surface area (Å²) in [4.78, 5) is 22.8. The summed E-state index contributed by atoms with van der Waals surface area (Å²) in [5.41, 5.74) is 4.39. The van der Waals surface area contributed by atoms with Gasteiger partial charge < -0.3 is 15.1 Å². The molecule has 1 heterocycles. The fourth-order valence-electron chi connectivity index (χ4n) is 3.99. The molecule has 1 aliphatic rings. The zero-order valence-corrected chi connectivity index (χ0v) is 22.5. The molecule has 0 saturated heterocycles. The summed E-state index contributed by atoms with van der Waals surface area (Å²) in [7, 11) is -3.96. The van der Waals surface area contributed by atoms with Gasteiger partial charge in [0.15, 0.2) is 0 Å². The topological polar surface area (TPSA) is 124 Å². The van der Waals surface area contributed by atoms with Crippen LogP contribution >= 0.6 is 11.6 Å². The van der Waals surface area contributed by atoms with Gasteiger partial charge in [-0.15, -0.1) is 0 Å². The van der Waals surface area contributed by atoms with Crippen LogP contribution in [0.25, 0.3) is 5.57 Å². The van der Waals surface area contributed by atoms with Gasteiger partial charge in [-0.3, -0.25) is 4.72 Å². The van der Waals surface area contributed by atoms with Crippen LogP contribution in [0.3, 0.4) is 0 Å². The van der Waals surface area contributed by atoms with Gasteiger partial charge in [0.2, 0.25) is 0 Å². The van der Waals surface area contributed by atoms with E-state index in [0.29, 0.717) is 18.8 Å². The molecule has 3 N–H and O–H groups in total. The lowest BCUT2D eigenvalue weighted by Crippen LogP contribution is -2.30. The van der Waals surface area contributed by atoms with Gasteiger partial charge in [-0.2, -0.15) is 13.2 Å². The second-order valence-electron chi connectivity index (χ2n) is 8.62. The van der Waals surface area contributed by atoms with Crippen molar-refractivity contribution in [2.45, 2.75) is 24.4 Å². The van der Waals surface area contributed by atoms with Crippen molar-refractivity contribution in [3.63, 3.8) is 0 Å². The van der Waals surface area contributed by atoms with E-state index in [0.717, 1.165) is 6.42 Å². The minimum atomic E-state index is -5.08. The second kappa shape index (κ2) is 12.4. The highest BCUT2D eigenvalue weighted by molar-refractivity contribution is 7.92. The number of anilines is 2. The highest BCUT2D eigenvalue weighted by Crippen LogP contribution is 2.32. The van der Waals surface area contributed by atoms with E-state index in [-0.39, 0.29) is 21.2 Å². The lowest BCUT2D eigenvalue weighted by atomic mass is 9.95. The number of carboxylic acids is 2. The van der Waals surface area contributed by atoms with Crippen LogP contribution in [-0.2, 0) is 14.8 Å². The first kappa shape index (κ1) is 30.5. The Balaban J connectivity index is 0.000000559. The number of aromatic carboxylic acids is 1. The Morgan fingerprint density at radius 1 is 1.00 bits per heavy atom. The summed E-state index contributed by atoms with van der Waals surface area (Å²) >= 11 is 6.02. The van der Waals surface area contributed by atoms with Crippen molar-refractivity contribution >= 4 is 50.5 Å². The Morgan fingerprint density at radius 3 is 2.17 bits per heavy atom. The SMILES string of the molecule is Cc1ccccc1C1=CCN(c2ccc(NS(=O)(=O)c3ccccc3Cl)cc2C(=O)O)CC1.O=C(O)C(F)(F)F. The predicted octanol–water partition coefficient (Wildman–Crippen LogP) is 6.07. The van der Waals surface area contributed by atoms with E-state index in [2.05, 4.69) is 29.9 Å². The Bertz CT molecular complexity index is 1560. The summed E-state index contributed by atoms with van der Waals surface area (Å²) in [6.45, 7) is 3.30. The summed E-state index contributed by atoms with van der Waals surface area (Å²) in [6, 6.07) is 18.8. The van der Waals surface area contributed by atoms with Gasteiger partial charge in [-0.1, -0.05) is 54.1 Å². The number of halogens is 4. The Hall–Kier alpha value is -4.03. The lowest BCUT2D eigenvalue weighted by molar-refractivity contribution is -0.192. The highest BCUT2D eigenvalue weighted by atomic mass is 35.5. The Morgan fingerprint density at radius 2 is 1.62 bits per heavy atom. The van der Waals surface area contributed by atoms with Crippen LogP contribution in [0.4, 0.5) is 24.5 Å². The molecule has 0 atom stereocenters. The van der Waals surface area contributed by atoms with E-state index in [1.807, 2.05) is 17.0 Å². The zero-order chi connectivity index (χ0) is 29.7. The molecule has 0 spiro atoms. The number of aliphatic carboxylic acids is 1. The third-order valence-corrected chi connectivity index (χ3v) is 7.77. The van der Waals surface area contributed by atoms with E-state index >= 15 is 0 Å². The van der Waals surface area contributed by atoms with E-state index in [9.17, 15) is 31.5 Å². The monoisotopic (exact) mass is 596 g/mol. The first-order valence-corrected chi connectivity index (χ1v) is 13.5. The van der Waals surface area contributed by atoms with Crippen molar-refractivity contribution in [2.75, 3.05) is 22.7 Å². The fraction of sp³-hybridized carbons (Fsp3) is 0.185. The molecule has 8 nitrogen and oxygen atoms in total. The molecule has 40 heavy (non-hydrogen) atoms. The molecule has 3 aromatic rings. The van der Waals surface area contributed by atoms with Crippen LogP contribution < -0.4 is 9.62 Å². The number of nitrogens with zero attached hydrogens (tertiary/aromatic N) is 1. The zero-order valence-electron chi connectivity index (χ0n) is 20.9. The number of benzene rings is 3. The van der Waals surface area contributed by atoms with Gasteiger partial charge in [-0.25, -0.2) is 18.0 Å². The number of sulfonamides is 1. The number of rotatable bonds is 6. The number of hydrogen-bond donors (Lipinski definition) is 3. The summed E-state index contributed by atoms with van der Waals surface area (Å²) in [5, 5.41) is 17.0. The van der Waals surface area contributed by atoms with Crippen molar-refractivity contribution in [2.24, 2.45) is 0 Å². The van der Waals surface area contributed by atoms with E-state index in [1.54, 1.807) is 24.3 Å². The van der Waals surface area contributed by atoms with Gasteiger partial charge in [-0.05, 0) is 60.4 Å². The maximum absolute atomic E-state index is 12.7. The Labute approximate surface area is 233 Å². The minimum Gasteiger partial charge on any atom is -0.478 e. The molecule has 3 aromatic carbocycles. The van der Waals surface area contributed by atoms with Crippen molar-refractivity contribution in [1.29, 1.82) is 0 Å². The summed E-state index contributed by atoms with van der Waals surface area (Å²) in [5.74, 6) is -3.88. The van der Waals surface area contributed by atoms with Crippen LogP contribution in [0.15, 0.2) is 77.7 Å². The maximum atomic E-state index is 12.7. The summed E-state index contributed by atoms with van der Waals surface area (Å²) < 4.78 is 59.6. The minimum absolute atomic E-state index is 0.0297. The number of carboxylic acid groups (broad SMARTS) is 2. The van der Waals surface area contributed by atoms with Crippen LogP contribution in [0.1, 0.15) is 27.9 Å². The molecule has 0 radical (unpaired) electrons. The molecular formula is C27H24ClF3N2O6S. The van der Waals surface area contributed by atoms with E-state index < -0.39 is 28.1 Å². The molecule has 212 valence electrons. The molecule has 4 rings (SSSR count). The number of nitrogens with one attached hydrogen (secondary N) is 1. The molecule has 0 bridgehead atoms. The average molecular weight is 597 g/mol. The predicted molar refractivity (Wildman–Crippen MR) is 145 cm³/mol.